The third kappa shape index (κ3) is 5.85. The molecule has 1 heterocycles. The van der Waals surface area contributed by atoms with Crippen molar-refractivity contribution in [3.8, 4) is 0 Å². The molecular formula is C17H32N2O2. The molecule has 1 amide bonds. The molecule has 1 saturated carbocycles. The van der Waals surface area contributed by atoms with Crippen LogP contribution < -0.4 is 5.32 Å². The van der Waals surface area contributed by atoms with Crippen LogP contribution in [0.2, 0.25) is 0 Å². The highest BCUT2D eigenvalue weighted by Crippen LogP contribution is 2.36. The number of carbonyl (C=O) groups is 1. The molecule has 2 atom stereocenters. The molecule has 0 spiro atoms. The van der Waals surface area contributed by atoms with Crippen LogP contribution in [-0.4, -0.2) is 42.3 Å². The molecule has 122 valence electrons. The smallest absolute Gasteiger partial charge is 0.410 e. The van der Waals surface area contributed by atoms with Gasteiger partial charge < -0.3 is 15.0 Å². The molecule has 1 aliphatic heterocycles. The Morgan fingerprint density at radius 2 is 1.95 bits per heavy atom. The van der Waals surface area contributed by atoms with Gasteiger partial charge in [0.2, 0.25) is 0 Å². The average molecular weight is 296 g/mol. The Labute approximate surface area is 129 Å². The number of likely N-dealkylation sites (tertiary alicyclic amines) is 1. The fraction of sp³-hybridized carbons (Fsp3) is 0.941. The van der Waals surface area contributed by atoms with Crippen molar-refractivity contribution in [3.05, 3.63) is 0 Å². The molecule has 4 heteroatoms. The van der Waals surface area contributed by atoms with Gasteiger partial charge in [-0.25, -0.2) is 4.79 Å². The Hall–Kier alpha value is -0.770. The maximum absolute atomic E-state index is 12.1. The van der Waals surface area contributed by atoms with E-state index in [0.29, 0.717) is 6.04 Å². The number of nitrogens with one attached hydrogen (secondary N) is 1. The number of ether oxygens (including phenoxy) is 1. The second kappa shape index (κ2) is 6.99. The molecular weight excluding hydrogens is 264 g/mol. The van der Waals surface area contributed by atoms with E-state index in [1.54, 1.807) is 0 Å². The highest BCUT2D eigenvalue weighted by Gasteiger charge is 2.29. The number of nitrogens with zero attached hydrogens (tertiary/aromatic N) is 1. The van der Waals surface area contributed by atoms with Gasteiger partial charge in [0.1, 0.15) is 5.60 Å². The number of hydrogen-bond donors (Lipinski definition) is 1. The molecule has 1 aliphatic carbocycles. The zero-order chi connectivity index (χ0) is 15.5. The lowest BCUT2D eigenvalue weighted by Gasteiger charge is -2.26. The maximum atomic E-state index is 12.1. The summed E-state index contributed by atoms with van der Waals surface area (Å²) in [6.45, 7) is 10.9. The Kier molecular flexibility index (Phi) is 5.53. The predicted octanol–water partition coefficient (Wildman–Crippen LogP) is 3.41. The van der Waals surface area contributed by atoms with Crippen molar-refractivity contribution in [2.24, 2.45) is 11.8 Å². The summed E-state index contributed by atoms with van der Waals surface area (Å²) in [5, 5.41) is 3.71. The summed E-state index contributed by atoms with van der Waals surface area (Å²) in [4.78, 5) is 14.0. The molecule has 21 heavy (non-hydrogen) atoms. The third-order valence-corrected chi connectivity index (χ3v) is 4.54. The first-order valence-corrected chi connectivity index (χ1v) is 8.56. The van der Waals surface area contributed by atoms with Gasteiger partial charge >= 0.3 is 6.09 Å². The van der Waals surface area contributed by atoms with Gasteiger partial charge in [-0.1, -0.05) is 6.92 Å². The average Bonchev–Trinajstić information content (AvgIpc) is 3.20. The van der Waals surface area contributed by atoms with Gasteiger partial charge in [-0.2, -0.15) is 0 Å². The minimum Gasteiger partial charge on any atom is -0.444 e. The van der Waals surface area contributed by atoms with Gasteiger partial charge in [-0.15, -0.1) is 0 Å². The van der Waals surface area contributed by atoms with Gasteiger partial charge in [-0.05, 0) is 71.3 Å². The van der Waals surface area contributed by atoms with Crippen LogP contribution in [0.4, 0.5) is 4.79 Å². The summed E-state index contributed by atoms with van der Waals surface area (Å²) in [6, 6.07) is 0.554. The van der Waals surface area contributed by atoms with E-state index in [4.69, 9.17) is 4.74 Å². The van der Waals surface area contributed by atoms with E-state index >= 15 is 0 Å². The number of carbonyl (C=O) groups excluding carboxylic acids is 1. The van der Waals surface area contributed by atoms with Gasteiger partial charge in [0, 0.05) is 19.1 Å². The number of hydrogen-bond acceptors (Lipinski definition) is 3. The van der Waals surface area contributed by atoms with E-state index in [0.717, 1.165) is 50.7 Å². The lowest BCUT2D eigenvalue weighted by Crippen LogP contribution is -2.38. The topological polar surface area (TPSA) is 41.6 Å². The Balaban J connectivity index is 1.72. The van der Waals surface area contributed by atoms with Crippen molar-refractivity contribution in [2.45, 2.75) is 71.4 Å². The minimum atomic E-state index is -0.402. The van der Waals surface area contributed by atoms with Crippen molar-refractivity contribution in [1.82, 2.24) is 10.2 Å². The molecule has 0 aromatic carbocycles. The fourth-order valence-electron chi connectivity index (χ4n) is 2.99. The van der Waals surface area contributed by atoms with Crippen LogP contribution in [0.15, 0.2) is 0 Å². The van der Waals surface area contributed by atoms with Crippen molar-refractivity contribution in [1.29, 1.82) is 0 Å². The lowest BCUT2D eigenvalue weighted by molar-refractivity contribution is 0.0256. The standard InChI is InChI=1S/C17H32N2O2/c1-13(14-7-8-14)12-18-15-6-5-10-19(11-9-15)16(20)21-17(2,3)4/h13-15,18H,5-12H2,1-4H3. The Bertz CT molecular complexity index is 347. The van der Waals surface area contributed by atoms with Crippen molar-refractivity contribution >= 4 is 6.09 Å². The number of rotatable bonds is 4. The highest BCUT2D eigenvalue weighted by molar-refractivity contribution is 5.68. The van der Waals surface area contributed by atoms with E-state index in [2.05, 4.69) is 12.2 Å². The van der Waals surface area contributed by atoms with E-state index < -0.39 is 5.60 Å². The van der Waals surface area contributed by atoms with Crippen LogP contribution in [0.25, 0.3) is 0 Å². The molecule has 1 saturated heterocycles. The fourth-order valence-corrected chi connectivity index (χ4v) is 2.99. The van der Waals surface area contributed by atoms with Gasteiger partial charge in [0.25, 0.3) is 0 Å². The molecule has 0 bridgehead atoms. The van der Waals surface area contributed by atoms with Crippen molar-refractivity contribution in [2.75, 3.05) is 19.6 Å². The van der Waals surface area contributed by atoms with Gasteiger partial charge in [0.05, 0.1) is 0 Å². The van der Waals surface area contributed by atoms with Crippen molar-refractivity contribution in [3.63, 3.8) is 0 Å². The Morgan fingerprint density at radius 1 is 1.24 bits per heavy atom. The first-order valence-electron chi connectivity index (χ1n) is 8.56. The molecule has 2 aliphatic rings. The first-order chi connectivity index (χ1) is 9.85. The Morgan fingerprint density at radius 3 is 2.57 bits per heavy atom. The summed E-state index contributed by atoms with van der Waals surface area (Å²) < 4.78 is 5.47. The lowest BCUT2D eigenvalue weighted by atomic mass is 10.0. The SMILES string of the molecule is CC(CNC1CCCN(C(=O)OC(C)(C)C)CC1)C1CC1. The largest absolute Gasteiger partial charge is 0.444 e. The summed E-state index contributed by atoms with van der Waals surface area (Å²) >= 11 is 0. The van der Waals surface area contributed by atoms with Crippen LogP contribution in [0.5, 0.6) is 0 Å². The van der Waals surface area contributed by atoms with Crippen LogP contribution in [0.3, 0.4) is 0 Å². The van der Waals surface area contributed by atoms with Gasteiger partial charge in [0.15, 0.2) is 0 Å². The van der Waals surface area contributed by atoms with Crippen molar-refractivity contribution < 1.29 is 9.53 Å². The molecule has 0 aromatic heterocycles. The van der Waals surface area contributed by atoms with Crippen LogP contribution >= 0.6 is 0 Å². The van der Waals surface area contributed by atoms with Crippen LogP contribution in [0.1, 0.15) is 59.8 Å². The molecule has 0 radical (unpaired) electrons. The highest BCUT2D eigenvalue weighted by atomic mass is 16.6. The van der Waals surface area contributed by atoms with E-state index in [1.165, 1.54) is 12.8 Å². The van der Waals surface area contributed by atoms with Crippen LogP contribution in [-0.2, 0) is 4.74 Å². The second-order valence-electron chi connectivity index (χ2n) is 7.82. The molecule has 2 unspecified atom stereocenters. The first kappa shape index (κ1) is 16.6. The molecule has 2 fully saturated rings. The molecule has 4 nitrogen and oxygen atoms in total. The van der Waals surface area contributed by atoms with E-state index in [-0.39, 0.29) is 6.09 Å². The maximum Gasteiger partial charge on any atom is 0.410 e. The zero-order valence-corrected chi connectivity index (χ0v) is 14.2. The summed E-state index contributed by atoms with van der Waals surface area (Å²) in [6.07, 6.45) is 5.94. The van der Waals surface area contributed by atoms with E-state index in [9.17, 15) is 4.79 Å². The predicted molar refractivity (Wildman–Crippen MR) is 85.3 cm³/mol. The van der Waals surface area contributed by atoms with Gasteiger partial charge in [-0.3, -0.25) is 0 Å². The zero-order valence-electron chi connectivity index (χ0n) is 14.2. The van der Waals surface area contributed by atoms with Crippen LogP contribution in [0, 0.1) is 11.8 Å². The monoisotopic (exact) mass is 296 g/mol. The van der Waals surface area contributed by atoms with E-state index in [1.807, 2.05) is 25.7 Å². The summed E-state index contributed by atoms with van der Waals surface area (Å²) in [5.41, 5.74) is -0.402. The molecule has 0 aromatic rings. The summed E-state index contributed by atoms with van der Waals surface area (Å²) in [7, 11) is 0. The summed E-state index contributed by atoms with van der Waals surface area (Å²) in [5.74, 6) is 1.76. The molecule has 2 rings (SSSR count). The minimum absolute atomic E-state index is 0.158. The quantitative estimate of drug-likeness (QED) is 0.864. The third-order valence-electron chi connectivity index (χ3n) is 4.54. The second-order valence-corrected chi connectivity index (χ2v) is 7.82. The number of amides is 1. The normalized spacial score (nSPS) is 25.3. The molecule has 1 N–H and O–H groups in total.